The molecule has 1 fully saturated rings. The Kier molecular flexibility index (Phi) is 7.71. The second-order valence-electron chi connectivity index (χ2n) is 16.6. The molecule has 13 rings (SSSR count). The van der Waals surface area contributed by atoms with E-state index < -0.39 is 0 Å². The van der Waals surface area contributed by atoms with E-state index in [0.717, 1.165) is 67.9 Å². The van der Waals surface area contributed by atoms with Crippen molar-refractivity contribution in [1.82, 2.24) is 0 Å². The zero-order valence-electron chi connectivity index (χ0n) is 32.8. The van der Waals surface area contributed by atoms with E-state index in [-0.39, 0.29) is 13.4 Å². The zero-order chi connectivity index (χ0) is 39.3. The highest BCUT2D eigenvalue weighted by atomic mass is 32.2. The first kappa shape index (κ1) is 34.3. The third-order valence-electron chi connectivity index (χ3n) is 13.2. The third kappa shape index (κ3) is 5.28. The lowest BCUT2D eigenvalue weighted by Gasteiger charge is -2.37. The Labute approximate surface area is 354 Å². The van der Waals surface area contributed by atoms with Gasteiger partial charge in [0.15, 0.2) is 0 Å². The molecule has 7 heteroatoms. The molecule has 4 heterocycles. The molecule has 5 aliphatic rings. The molecule has 4 nitrogen and oxygen atoms in total. The molecule has 1 aliphatic carbocycles. The summed E-state index contributed by atoms with van der Waals surface area (Å²) >= 11 is 1.85. The van der Waals surface area contributed by atoms with Gasteiger partial charge in [0, 0.05) is 38.8 Å². The molecule has 0 amide bonds. The van der Waals surface area contributed by atoms with Gasteiger partial charge in [-0.25, -0.2) is 0 Å². The van der Waals surface area contributed by atoms with E-state index in [4.69, 9.17) is 14.2 Å². The van der Waals surface area contributed by atoms with Crippen LogP contribution in [0.1, 0.15) is 37.2 Å². The summed E-state index contributed by atoms with van der Waals surface area (Å²) in [5, 5.41) is 0. The van der Waals surface area contributed by atoms with Gasteiger partial charge in [0.05, 0.1) is 5.69 Å². The van der Waals surface area contributed by atoms with Crippen molar-refractivity contribution in [1.29, 1.82) is 0 Å². The van der Waals surface area contributed by atoms with Gasteiger partial charge >= 0.3 is 0 Å². The van der Waals surface area contributed by atoms with Gasteiger partial charge in [-0.3, -0.25) is 0 Å². The smallest absolute Gasteiger partial charge is 0.260 e. The Balaban J connectivity index is 0.992. The third-order valence-corrected chi connectivity index (χ3v) is 14.4. The molecule has 284 valence electrons. The first-order valence-corrected chi connectivity index (χ1v) is 22.0. The van der Waals surface area contributed by atoms with E-state index in [1.165, 1.54) is 68.6 Å². The number of anilines is 3. The summed E-state index contributed by atoms with van der Waals surface area (Å²) < 4.78 is 20.9. The fraction of sp³-hybridized carbons (Fsp3) is 0.0943. The molecule has 8 aromatic rings. The van der Waals surface area contributed by atoms with E-state index in [1.807, 2.05) is 11.8 Å². The van der Waals surface area contributed by atoms with Gasteiger partial charge < -0.3 is 19.1 Å². The van der Waals surface area contributed by atoms with E-state index in [2.05, 4.69) is 175 Å². The van der Waals surface area contributed by atoms with Gasteiger partial charge in [-0.1, -0.05) is 133 Å². The van der Waals surface area contributed by atoms with Crippen molar-refractivity contribution in [3.05, 3.63) is 175 Å². The summed E-state index contributed by atoms with van der Waals surface area (Å²) in [5.74, 6) is 5.87. The van der Waals surface area contributed by atoms with Crippen LogP contribution in [0.25, 0.3) is 11.1 Å². The standard InChI is InChI=1S/C53H37B2NO3S/c1-3-17-35(18-4-1)56(36-19-5-2-6-20-36)37-29-48-52-49(30-37)59-46-32-50-43(31-42(46)54(52)40-23-11-13-25-44(40)58-48)55-41-24-12-14-26-45(41)57-47-27-34(28-51(60-50)53(47)55)39-22-10-9-21-38(39)33-15-7-8-16-33/h1-6,9-14,17-33H,7-8,15-16H2. The molecule has 0 saturated heterocycles. The fourth-order valence-electron chi connectivity index (χ4n) is 10.6. The van der Waals surface area contributed by atoms with Gasteiger partial charge in [0.2, 0.25) is 0 Å². The maximum Gasteiger partial charge on any atom is 0.260 e. The molecule has 1 saturated carbocycles. The van der Waals surface area contributed by atoms with E-state index in [1.54, 1.807) is 0 Å². The van der Waals surface area contributed by atoms with Gasteiger partial charge in [-0.15, -0.1) is 0 Å². The topological polar surface area (TPSA) is 30.9 Å². The summed E-state index contributed by atoms with van der Waals surface area (Å²) in [5.41, 5.74) is 14.2. The Bertz CT molecular complexity index is 3000. The van der Waals surface area contributed by atoms with Crippen LogP contribution in [0.5, 0.6) is 34.5 Å². The molecule has 0 aromatic heterocycles. The van der Waals surface area contributed by atoms with Gasteiger partial charge in [-0.2, -0.15) is 0 Å². The molecule has 0 bridgehead atoms. The van der Waals surface area contributed by atoms with Crippen LogP contribution in [0, 0.1) is 0 Å². The van der Waals surface area contributed by atoms with Crippen LogP contribution in [0.3, 0.4) is 0 Å². The van der Waals surface area contributed by atoms with E-state index in [9.17, 15) is 0 Å². The van der Waals surface area contributed by atoms with Crippen molar-refractivity contribution in [3.63, 3.8) is 0 Å². The van der Waals surface area contributed by atoms with Crippen LogP contribution >= 0.6 is 11.8 Å². The minimum Gasteiger partial charge on any atom is -0.458 e. The van der Waals surface area contributed by atoms with Crippen LogP contribution in [-0.4, -0.2) is 13.4 Å². The largest absolute Gasteiger partial charge is 0.458 e. The van der Waals surface area contributed by atoms with Gasteiger partial charge in [0.1, 0.15) is 34.5 Å². The lowest BCUT2D eigenvalue weighted by atomic mass is 9.32. The van der Waals surface area contributed by atoms with Crippen LogP contribution < -0.4 is 51.9 Å². The van der Waals surface area contributed by atoms with Crippen molar-refractivity contribution < 1.29 is 14.2 Å². The predicted octanol–water partition coefficient (Wildman–Crippen LogP) is 10.3. The second-order valence-corrected chi connectivity index (χ2v) is 17.7. The number of hydrogen-bond acceptors (Lipinski definition) is 5. The van der Waals surface area contributed by atoms with Crippen LogP contribution in [0.15, 0.2) is 180 Å². The van der Waals surface area contributed by atoms with Crippen LogP contribution in [-0.2, 0) is 0 Å². The molecule has 0 unspecified atom stereocenters. The molecule has 8 aromatic carbocycles. The number of ether oxygens (including phenoxy) is 3. The first-order valence-electron chi connectivity index (χ1n) is 21.2. The highest BCUT2D eigenvalue weighted by Crippen LogP contribution is 2.46. The Morgan fingerprint density at radius 3 is 1.68 bits per heavy atom. The molecule has 0 spiro atoms. The molecular weight excluding hydrogens is 752 g/mol. The van der Waals surface area contributed by atoms with Crippen molar-refractivity contribution in [3.8, 4) is 45.6 Å². The average Bonchev–Trinajstić information content (AvgIpc) is 3.84. The molecule has 0 N–H and O–H groups in total. The molecule has 0 radical (unpaired) electrons. The average molecular weight is 790 g/mol. The van der Waals surface area contributed by atoms with Gasteiger partial charge in [0.25, 0.3) is 13.4 Å². The molecule has 60 heavy (non-hydrogen) atoms. The summed E-state index contributed by atoms with van der Waals surface area (Å²) in [7, 11) is 0. The minimum absolute atomic E-state index is 0.0178. The molecule has 0 atom stereocenters. The van der Waals surface area contributed by atoms with Crippen molar-refractivity contribution in [2.75, 3.05) is 4.90 Å². The number of fused-ring (bicyclic) bond motifs is 8. The highest BCUT2D eigenvalue weighted by Gasteiger charge is 2.45. The fourth-order valence-corrected chi connectivity index (χ4v) is 11.8. The summed E-state index contributed by atoms with van der Waals surface area (Å²) in [6.07, 6.45) is 5.13. The number of nitrogens with zero attached hydrogens (tertiary/aromatic N) is 1. The maximum absolute atomic E-state index is 7.15. The molecular formula is C53H37B2NO3S. The van der Waals surface area contributed by atoms with Crippen molar-refractivity contribution in [2.24, 2.45) is 0 Å². The maximum atomic E-state index is 7.15. The first-order chi connectivity index (χ1) is 29.7. The number of benzene rings is 8. The van der Waals surface area contributed by atoms with E-state index in [0.29, 0.717) is 5.92 Å². The Morgan fingerprint density at radius 1 is 0.433 bits per heavy atom. The monoisotopic (exact) mass is 789 g/mol. The normalized spacial score (nSPS) is 14.9. The summed E-state index contributed by atoms with van der Waals surface area (Å²) in [4.78, 5) is 4.73. The molecule has 4 aliphatic heterocycles. The number of hydrogen-bond donors (Lipinski definition) is 0. The summed E-state index contributed by atoms with van der Waals surface area (Å²) in [6.45, 7) is -0.0513. The summed E-state index contributed by atoms with van der Waals surface area (Å²) in [6, 6.07) is 61.1. The van der Waals surface area contributed by atoms with E-state index >= 15 is 0 Å². The predicted molar refractivity (Wildman–Crippen MR) is 247 cm³/mol. The SMILES string of the molecule is c1ccc(N(c2ccccc2)c2cc3c4c(c2)Oc2cc5c(cc2B4c2ccccc2O3)B2c3ccccc3Oc3cc(-c4ccccc4C4CCCC4)cc(c32)S5)cc1. The van der Waals surface area contributed by atoms with Crippen molar-refractivity contribution in [2.45, 2.75) is 41.4 Å². The van der Waals surface area contributed by atoms with Crippen molar-refractivity contribution >= 4 is 75.0 Å². The number of rotatable bonds is 5. The van der Waals surface area contributed by atoms with Crippen LogP contribution in [0.2, 0.25) is 0 Å². The Hall–Kier alpha value is -6.56. The lowest BCUT2D eigenvalue weighted by Crippen LogP contribution is -2.61. The quantitative estimate of drug-likeness (QED) is 0.162. The van der Waals surface area contributed by atoms with Gasteiger partial charge in [-0.05, 0) is 112 Å². The van der Waals surface area contributed by atoms with Crippen LogP contribution in [0.4, 0.5) is 17.1 Å². The highest BCUT2D eigenvalue weighted by molar-refractivity contribution is 8.00. The second kappa shape index (κ2) is 13.5. The Morgan fingerprint density at radius 2 is 1.00 bits per heavy atom. The number of para-hydroxylation sites is 4. The zero-order valence-corrected chi connectivity index (χ0v) is 33.6. The lowest BCUT2D eigenvalue weighted by molar-refractivity contribution is 0.464. The minimum atomic E-state index is -0.0691.